The second-order valence-corrected chi connectivity index (χ2v) is 1.88. The Labute approximate surface area is 72.3 Å². The summed E-state index contributed by atoms with van der Waals surface area (Å²) in [5, 5.41) is 0. The summed E-state index contributed by atoms with van der Waals surface area (Å²) in [6.45, 7) is -1.43. The van der Waals surface area contributed by atoms with Crippen LogP contribution in [0.3, 0.4) is 0 Å². The topological polar surface area (TPSA) is 47.6 Å². The first kappa shape index (κ1) is 11.8. The van der Waals surface area contributed by atoms with E-state index in [1.165, 1.54) is 0 Å². The summed E-state index contributed by atoms with van der Waals surface area (Å²) in [6.07, 6.45) is -2.61. The number of hydroxylamine groups is 1. The van der Waals surface area contributed by atoms with Crippen molar-refractivity contribution in [3.63, 3.8) is 0 Å². The zero-order valence-corrected chi connectivity index (χ0v) is 6.72. The van der Waals surface area contributed by atoms with Gasteiger partial charge in [-0.1, -0.05) is 0 Å². The first-order valence-corrected chi connectivity index (χ1v) is 3.14. The minimum Gasteiger partial charge on any atom is -0.466 e. The lowest BCUT2D eigenvalue weighted by Crippen LogP contribution is -2.21. The van der Waals surface area contributed by atoms with Gasteiger partial charge in [0.2, 0.25) is 0 Å². The molecule has 1 N–H and O–H groups in total. The van der Waals surface area contributed by atoms with Gasteiger partial charge in [-0.15, -0.1) is 0 Å². The second-order valence-electron chi connectivity index (χ2n) is 1.88. The van der Waals surface area contributed by atoms with E-state index < -0.39 is 18.8 Å². The molecule has 0 aromatic rings. The van der Waals surface area contributed by atoms with Crippen molar-refractivity contribution in [3.05, 3.63) is 12.3 Å². The van der Waals surface area contributed by atoms with E-state index in [0.29, 0.717) is 0 Å². The third-order valence-electron chi connectivity index (χ3n) is 0.808. The molecule has 0 aliphatic heterocycles. The highest BCUT2D eigenvalue weighted by atomic mass is 19.4. The minimum absolute atomic E-state index is 0.692. The van der Waals surface area contributed by atoms with E-state index in [-0.39, 0.29) is 0 Å². The molecule has 76 valence electrons. The van der Waals surface area contributed by atoms with Crippen LogP contribution >= 0.6 is 0 Å². The zero-order valence-electron chi connectivity index (χ0n) is 6.72. The summed E-state index contributed by atoms with van der Waals surface area (Å²) < 4.78 is 38.4. The van der Waals surface area contributed by atoms with Gasteiger partial charge in [-0.05, 0) is 0 Å². The maximum atomic E-state index is 11.4. The van der Waals surface area contributed by atoms with Crippen LogP contribution in [-0.4, -0.2) is 25.9 Å². The quantitative estimate of drug-likeness (QED) is 0.314. The molecule has 13 heavy (non-hydrogen) atoms. The molecule has 0 saturated carbocycles. The average molecular weight is 199 g/mol. The normalized spacial score (nSPS) is 11.7. The van der Waals surface area contributed by atoms with Gasteiger partial charge in [0.15, 0.2) is 6.61 Å². The van der Waals surface area contributed by atoms with Crippen molar-refractivity contribution in [2.45, 2.75) is 6.18 Å². The summed E-state index contributed by atoms with van der Waals surface area (Å²) in [5.41, 5.74) is 1.81. The lowest BCUT2D eigenvalue weighted by atomic mass is 10.6. The molecule has 0 aromatic carbocycles. The summed E-state index contributed by atoms with van der Waals surface area (Å²) in [7, 11) is 1.14. The molecule has 0 radical (unpaired) electrons. The number of methoxy groups -OCH3 is 1. The summed E-state index contributed by atoms with van der Waals surface area (Å²) >= 11 is 0. The van der Waals surface area contributed by atoms with Crippen molar-refractivity contribution in [1.29, 1.82) is 0 Å². The summed E-state index contributed by atoms with van der Waals surface area (Å²) in [6, 6.07) is 0. The molecule has 0 aliphatic rings. The van der Waals surface area contributed by atoms with Crippen LogP contribution < -0.4 is 5.48 Å². The largest absolute Gasteiger partial charge is 0.466 e. The molecule has 0 heterocycles. The molecule has 4 nitrogen and oxygen atoms in total. The monoisotopic (exact) mass is 199 g/mol. The van der Waals surface area contributed by atoms with Crippen LogP contribution in [-0.2, 0) is 14.4 Å². The number of ether oxygens (including phenoxy) is 1. The molecule has 0 fully saturated rings. The number of carbonyl (C=O) groups is 1. The van der Waals surface area contributed by atoms with Crippen molar-refractivity contribution in [3.8, 4) is 0 Å². The molecule has 0 aliphatic carbocycles. The third-order valence-corrected chi connectivity index (χ3v) is 0.808. The van der Waals surface area contributed by atoms with E-state index in [0.717, 1.165) is 19.4 Å². The predicted octanol–water partition coefficient (Wildman–Crippen LogP) is 0.757. The van der Waals surface area contributed by atoms with Crippen molar-refractivity contribution in [2.24, 2.45) is 0 Å². The fraction of sp³-hybridized carbons (Fsp3) is 0.500. The first-order chi connectivity index (χ1) is 5.95. The van der Waals surface area contributed by atoms with E-state index in [2.05, 4.69) is 9.57 Å². The molecule has 0 bridgehead atoms. The van der Waals surface area contributed by atoms with E-state index in [1.54, 1.807) is 5.48 Å². The zero-order chi connectivity index (χ0) is 10.3. The fourth-order valence-electron chi connectivity index (χ4n) is 0.342. The Morgan fingerprint density at radius 3 is 2.62 bits per heavy atom. The minimum atomic E-state index is -4.40. The predicted molar refractivity (Wildman–Crippen MR) is 36.3 cm³/mol. The molecule has 7 heteroatoms. The molecule has 0 unspecified atom stereocenters. The number of alkyl halides is 3. The SMILES string of the molecule is COC(=O)/C=C/NOCC(F)(F)F. The molecule has 0 aromatic heterocycles. The van der Waals surface area contributed by atoms with Gasteiger partial charge in [0.1, 0.15) is 0 Å². The Kier molecular flexibility index (Phi) is 4.90. The number of hydrogen-bond donors (Lipinski definition) is 1. The van der Waals surface area contributed by atoms with Crippen LogP contribution in [0.1, 0.15) is 0 Å². The Morgan fingerprint density at radius 2 is 2.15 bits per heavy atom. The molecular weight excluding hydrogens is 191 g/mol. The number of carbonyl (C=O) groups excluding carboxylic acids is 1. The Hall–Kier alpha value is -1.24. The molecule has 0 saturated heterocycles. The maximum Gasteiger partial charge on any atom is 0.414 e. The van der Waals surface area contributed by atoms with Gasteiger partial charge < -0.3 is 4.74 Å². The van der Waals surface area contributed by atoms with E-state index in [4.69, 9.17) is 0 Å². The molecule has 0 spiro atoms. The highest BCUT2D eigenvalue weighted by Crippen LogP contribution is 2.13. The van der Waals surface area contributed by atoms with Gasteiger partial charge in [0, 0.05) is 12.3 Å². The molecule has 0 rings (SSSR count). The van der Waals surface area contributed by atoms with Gasteiger partial charge >= 0.3 is 12.1 Å². The van der Waals surface area contributed by atoms with Gasteiger partial charge in [0.25, 0.3) is 0 Å². The standard InChI is InChI=1S/C6H8F3NO3/c1-12-5(11)2-3-10-13-4-6(7,8)9/h2-3,10H,4H2,1H3/b3-2+. The average Bonchev–Trinajstić information content (AvgIpc) is 2.01. The van der Waals surface area contributed by atoms with Crippen molar-refractivity contribution in [1.82, 2.24) is 5.48 Å². The van der Waals surface area contributed by atoms with E-state index >= 15 is 0 Å². The smallest absolute Gasteiger partial charge is 0.414 e. The van der Waals surface area contributed by atoms with Gasteiger partial charge in [-0.3, -0.25) is 10.3 Å². The van der Waals surface area contributed by atoms with Gasteiger partial charge in [-0.2, -0.15) is 13.2 Å². The highest BCUT2D eigenvalue weighted by Gasteiger charge is 2.27. The lowest BCUT2D eigenvalue weighted by molar-refractivity contribution is -0.184. The molecule has 0 atom stereocenters. The first-order valence-electron chi connectivity index (χ1n) is 3.14. The number of halogens is 3. The van der Waals surface area contributed by atoms with Crippen molar-refractivity contribution < 1.29 is 27.5 Å². The Morgan fingerprint density at radius 1 is 1.54 bits per heavy atom. The molecular formula is C6H8F3NO3. The number of hydrogen-bond acceptors (Lipinski definition) is 4. The number of rotatable bonds is 4. The fourth-order valence-corrected chi connectivity index (χ4v) is 0.342. The Bertz CT molecular complexity index is 190. The Balaban J connectivity index is 3.46. The van der Waals surface area contributed by atoms with Crippen LogP contribution in [0.2, 0.25) is 0 Å². The lowest BCUT2D eigenvalue weighted by Gasteiger charge is -2.05. The van der Waals surface area contributed by atoms with E-state index in [1.807, 2.05) is 0 Å². The van der Waals surface area contributed by atoms with Gasteiger partial charge in [0.05, 0.1) is 7.11 Å². The summed E-state index contributed by atoms with van der Waals surface area (Å²) in [4.78, 5) is 14.3. The van der Waals surface area contributed by atoms with E-state index in [9.17, 15) is 18.0 Å². The van der Waals surface area contributed by atoms with Crippen LogP contribution in [0.25, 0.3) is 0 Å². The number of esters is 1. The van der Waals surface area contributed by atoms with Crippen LogP contribution in [0, 0.1) is 0 Å². The van der Waals surface area contributed by atoms with Crippen LogP contribution in [0.4, 0.5) is 13.2 Å². The second kappa shape index (κ2) is 5.41. The number of nitrogens with one attached hydrogen (secondary N) is 1. The van der Waals surface area contributed by atoms with Gasteiger partial charge in [-0.25, -0.2) is 4.79 Å². The van der Waals surface area contributed by atoms with Crippen molar-refractivity contribution >= 4 is 5.97 Å². The van der Waals surface area contributed by atoms with Crippen molar-refractivity contribution in [2.75, 3.05) is 13.7 Å². The highest BCUT2D eigenvalue weighted by molar-refractivity contribution is 5.81. The molecule has 0 amide bonds. The summed E-state index contributed by atoms with van der Waals surface area (Å²) in [5.74, 6) is -0.692. The van der Waals surface area contributed by atoms with Crippen LogP contribution in [0.5, 0.6) is 0 Å². The third kappa shape index (κ3) is 8.67. The maximum absolute atomic E-state index is 11.4. The van der Waals surface area contributed by atoms with Crippen LogP contribution in [0.15, 0.2) is 12.3 Å².